The number of nitriles is 1. The number of nitrogen functional groups attached to an aromatic ring is 1. The number of hydrogen-bond acceptors (Lipinski definition) is 11. The number of likely N-dealkylation sites (tertiary alicyclic amines) is 1. The van der Waals surface area contributed by atoms with Crippen LogP contribution < -0.4 is 20.7 Å². The topological polar surface area (TPSA) is 125 Å². The van der Waals surface area contributed by atoms with Gasteiger partial charge in [0.25, 0.3) is 0 Å². The molecule has 4 aliphatic heterocycles. The Hall–Kier alpha value is -3.77. The second-order valence-corrected chi connectivity index (χ2v) is 15.1. The van der Waals surface area contributed by atoms with E-state index in [9.17, 15) is 14.0 Å². The predicted molar refractivity (Wildman–Crippen MR) is 176 cm³/mol. The van der Waals surface area contributed by atoms with Gasteiger partial charge < -0.3 is 25.4 Å². The lowest BCUT2D eigenvalue weighted by Crippen LogP contribution is -2.52. The SMILES string of the molecule is N#Cc1c(N)sc2c(F)cnc(-c3c4c(c5c(N6C7CCC6CNC7)nc(OCC6(CN7CCCC(F)C7)CC6)nc5c3F)COC4)c12. The van der Waals surface area contributed by atoms with E-state index in [0.717, 1.165) is 81.4 Å². The van der Waals surface area contributed by atoms with E-state index < -0.39 is 17.8 Å². The van der Waals surface area contributed by atoms with Crippen LogP contribution in [-0.2, 0) is 18.0 Å². The zero-order valence-corrected chi connectivity index (χ0v) is 27.1. The van der Waals surface area contributed by atoms with E-state index in [2.05, 4.69) is 26.2 Å². The molecule has 0 radical (unpaired) electrons. The number of aromatic nitrogens is 3. The Bertz CT molecular complexity index is 2000. The van der Waals surface area contributed by atoms with Crippen LogP contribution in [-0.4, -0.2) is 77.4 Å². The lowest BCUT2D eigenvalue weighted by Gasteiger charge is -2.37. The van der Waals surface area contributed by atoms with Crippen LogP contribution in [0.1, 0.15) is 55.2 Å². The average molecular weight is 677 g/mol. The van der Waals surface area contributed by atoms with Gasteiger partial charge in [0.1, 0.15) is 28.6 Å². The van der Waals surface area contributed by atoms with Crippen LogP contribution >= 0.6 is 11.3 Å². The molecule has 3 aromatic heterocycles. The smallest absolute Gasteiger partial charge is 0.319 e. The van der Waals surface area contributed by atoms with Crippen LogP contribution in [0.15, 0.2) is 6.20 Å². The van der Waals surface area contributed by atoms with E-state index >= 15 is 4.39 Å². The minimum Gasteiger partial charge on any atom is -0.463 e. The summed E-state index contributed by atoms with van der Waals surface area (Å²) in [4.78, 5) is 18.6. The number of piperidine rings is 1. The van der Waals surface area contributed by atoms with Crippen molar-refractivity contribution >= 4 is 43.1 Å². The third kappa shape index (κ3) is 4.80. The summed E-state index contributed by atoms with van der Waals surface area (Å²) in [5.41, 5.74) is 7.75. The van der Waals surface area contributed by atoms with Gasteiger partial charge in [0.15, 0.2) is 11.6 Å². The van der Waals surface area contributed by atoms with E-state index in [-0.39, 0.29) is 74.1 Å². The number of rotatable bonds is 7. The van der Waals surface area contributed by atoms with Gasteiger partial charge in [-0.05, 0) is 56.2 Å². The summed E-state index contributed by atoms with van der Waals surface area (Å²) in [6.45, 7) is 4.33. The minimum absolute atomic E-state index is 0.0662. The molecular formula is C34H35F3N8O2S. The Morgan fingerprint density at radius 3 is 2.67 bits per heavy atom. The van der Waals surface area contributed by atoms with Crippen LogP contribution in [0.5, 0.6) is 6.01 Å². The molecule has 1 aromatic carbocycles. The van der Waals surface area contributed by atoms with Crippen molar-refractivity contribution in [3.05, 3.63) is 34.5 Å². The summed E-state index contributed by atoms with van der Waals surface area (Å²) in [6.07, 6.45) is 5.60. The van der Waals surface area contributed by atoms with Gasteiger partial charge in [0.05, 0.1) is 47.4 Å². The van der Waals surface area contributed by atoms with Crippen LogP contribution in [0.2, 0.25) is 0 Å². The highest BCUT2D eigenvalue weighted by Gasteiger charge is 2.46. The Labute approximate surface area is 279 Å². The molecule has 9 rings (SSSR count). The number of nitrogens with zero attached hydrogens (tertiary/aromatic N) is 6. The first kappa shape index (κ1) is 30.3. The second-order valence-electron chi connectivity index (χ2n) is 14.0. The number of halogens is 3. The number of pyridine rings is 1. The van der Waals surface area contributed by atoms with Crippen molar-refractivity contribution in [3.8, 4) is 23.3 Å². The van der Waals surface area contributed by atoms with Crippen molar-refractivity contribution in [2.24, 2.45) is 5.41 Å². The molecule has 3 saturated heterocycles. The number of alkyl halides is 1. The third-order valence-corrected chi connectivity index (χ3v) is 11.9. The van der Waals surface area contributed by atoms with Gasteiger partial charge in [0.2, 0.25) is 0 Å². The molecule has 48 heavy (non-hydrogen) atoms. The molecule has 14 heteroatoms. The zero-order valence-electron chi connectivity index (χ0n) is 26.3. The molecule has 1 saturated carbocycles. The molecule has 5 aliphatic rings. The molecule has 2 bridgehead atoms. The number of benzene rings is 1. The molecule has 10 nitrogen and oxygen atoms in total. The van der Waals surface area contributed by atoms with Crippen LogP contribution in [0.25, 0.3) is 32.2 Å². The van der Waals surface area contributed by atoms with Crippen molar-refractivity contribution in [3.63, 3.8) is 0 Å². The number of ether oxygens (including phenoxy) is 2. The van der Waals surface area contributed by atoms with Gasteiger partial charge in [-0.25, -0.2) is 13.2 Å². The van der Waals surface area contributed by atoms with E-state index in [0.29, 0.717) is 36.3 Å². The van der Waals surface area contributed by atoms with Gasteiger partial charge in [0, 0.05) is 54.6 Å². The molecule has 3 N–H and O–H groups in total. The van der Waals surface area contributed by atoms with Crippen molar-refractivity contribution in [2.45, 2.75) is 70.0 Å². The van der Waals surface area contributed by atoms with Crippen molar-refractivity contribution < 1.29 is 22.6 Å². The van der Waals surface area contributed by atoms with Gasteiger partial charge in [-0.1, -0.05) is 0 Å². The van der Waals surface area contributed by atoms with E-state index in [1.807, 2.05) is 0 Å². The monoisotopic (exact) mass is 676 g/mol. The fourth-order valence-electron chi connectivity index (χ4n) is 8.36. The Balaban J connectivity index is 1.20. The number of thiophene rings is 1. The molecule has 0 spiro atoms. The highest BCUT2D eigenvalue weighted by atomic mass is 32.1. The van der Waals surface area contributed by atoms with Gasteiger partial charge in [-0.15, -0.1) is 11.3 Å². The van der Waals surface area contributed by atoms with Crippen molar-refractivity contribution in [2.75, 3.05) is 50.0 Å². The molecule has 3 unspecified atom stereocenters. The molecule has 4 fully saturated rings. The third-order valence-electron chi connectivity index (χ3n) is 10.9. The summed E-state index contributed by atoms with van der Waals surface area (Å²) in [7, 11) is 0. The van der Waals surface area contributed by atoms with Gasteiger partial charge >= 0.3 is 6.01 Å². The molecule has 4 aromatic rings. The fraction of sp³-hybridized carbons (Fsp3) is 0.529. The van der Waals surface area contributed by atoms with Crippen molar-refractivity contribution in [1.82, 2.24) is 25.2 Å². The average Bonchev–Trinajstić information content (AvgIpc) is 3.37. The van der Waals surface area contributed by atoms with E-state index in [4.69, 9.17) is 25.2 Å². The number of nitrogens with two attached hydrogens (primary N) is 1. The number of hydrogen-bond donors (Lipinski definition) is 2. The number of piperazine rings is 1. The summed E-state index contributed by atoms with van der Waals surface area (Å²) < 4.78 is 58.9. The number of fused-ring (bicyclic) bond motifs is 6. The highest BCUT2D eigenvalue weighted by Crippen LogP contribution is 2.49. The second kappa shape index (κ2) is 11.4. The largest absolute Gasteiger partial charge is 0.463 e. The van der Waals surface area contributed by atoms with Gasteiger partial charge in [-0.2, -0.15) is 15.2 Å². The highest BCUT2D eigenvalue weighted by molar-refractivity contribution is 7.23. The molecule has 3 atom stereocenters. The Morgan fingerprint density at radius 1 is 1.12 bits per heavy atom. The lowest BCUT2D eigenvalue weighted by molar-refractivity contribution is 0.0974. The number of anilines is 2. The first-order valence-electron chi connectivity index (χ1n) is 16.7. The molecular weight excluding hydrogens is 641 g/mol. The Kier molecular flexibility index (Phi) is 7.20. The maximum Gasteiger partial charge on any atom is 0.319 e. The van der Waals surface area contributed by atoms with Crippen molar-refractivity contribution in [1.29, 1.82) is 5.26 Å². The van der Waals surface area contributed by atoms with E-state index in [1.165, 1.54) is 0 Å². The minimum atomic E-state index is -0.800. The van der Waals surface area contributed by atoms with Crippen LogP contribution in [0.3, 0.4) is 0 Å². The standard InChI is InChI=1S/C34H35F3N8O2S/c35-17-2-1-7-44(12-17)15-34(5-6-34)16-47-33-42-29-26(32(43-33)45-18-3-4-19(45)10-40-9-18)22-14-46-13-21(22)24(27(29)37)28-25-20(8-38)31(39)48-30(25)23(36)11-41-28/h11,17-19,40H,1-7,9-10,12-16,39H2. The molecule has 250 valence electrons. The molecule has 1 aliphatic carbocycles. The first-order chi connectivity index (χ1) is 23.3. The van der Waals surface area contributed by atoms with Gasteiger partial charge in [-0.3, -0.25) is 9.88 Å². The van der Waals surface area contributed by atoms with Crippen LogP contribution in [0, 0.1) is 28.4 Å². The van der Waals surface area contributed by atoms with Crippen LogP contribution in [0.4, 0.5) is 24.0 Å². The summed E-state index contributed by atoms with van der Waals surface area (Å²) in [5, 5.41) is 14.4. The normalized spacial score (nSPS) is 24.7. The predicted octanol–water partition coefficient (Wildman–Crippen LogP) is 5.20. The first-order valence-corrected chi connectivity index (χ1v) is 17.5. The molecule has 0 amide bonds. The Morgan fingerprint density at radius 2 is 1.92 bits per heavy atom. The zero-order chi connectivity index (χ0) is 32.7. The van der Waals surface area contributed by atoms with E-state index in [1.54, 1.807) is 0 Å². The summed E-state index contributed by atoms with van der Waals surface area (Å²) >= 11 is 0.944. The summed E-state index contributed by atoms with van der Waals surface area (Å²) in [5.74, 6) is -0.647. The maximum absolute atomic E-state index is 17.3. The maximum atomic E-state index is 17.3. The molecule has 7 heterocycles. The quantitative estimate of drug-likeness (QED) is 0.270. The lowest BCUT2D eigenvalue weighted by atomic mass is 9.93. The summed E-state index contributed by atoms with van der Waals surface area (Å²) in [6, 6.07) is 2.52. The number of nitrogens with one attached hydrogen (secondary N) is 1. The fourth-order valence-corrected chi connectivity index (χ4v) is 9.28.